The first-order valence-electron chi connectivity index (χ1n) is 11.0. The van der Waals surface area contributed by atoms with Crippen LogP contribution in [0.5, 0.6) is 5.75 Å². The maximum atomic E-state index is 6.57. The highest BCUT2D eigenvalue weighted by Crippen LogP contribution is 2.37. The molecular formula is C27H28Cl2N4O. The van der Waals surface area contributed by atoms with Gasteiger partial charge < -0.3 is 10.1 Å². The number of allylic oxidation sites excluding steroid dienone is 6. The normalized spacial score (nSPS) is 15.1. The van der Waals surface area contributed by atoms with Crippen LogP contribution in [0.3, 0.4) is 0 Å². The van der Waals surface area contributed by atoms with Crippen molar-refractivity contribution in [3.63, 3.8) is 0 Å². The highest BCUT2D eigenvalue weighted by molar-refractivity contribution is 6.33. The second kappa shape index (κ2) is 11.7. The molecule has 1 aliphatic rings. The van der Waals surface area contributed by atoms with Gasteiger partial charge in [0.15, 0.2) is 5.82 Å². The van der Waals surface area contributed by atoms with Crippen LogP contribution < -0.4 is 10.1 Å². The Bertz CT molecular complexity index is 1240. The topological polar surface area (TPSA) is 52.0 Å². The summed E-state index contributed by atoms with van der Waals surface area (Å²) < 4.78 is 7.11. The van der Waals surface area contributed by atoms with Gasteiger partial charge in [-0.05, 0) is 61.0 Å². The number of fused-ring (bicyclic) bond motifs is 1. The third-order valence-corrected chi connectivity index (χ3v) is 5.70. The van der Waals surface area contributed by atoms with Gasteiger partial charge in [0.1, 0.15) is 11.8 Å². The first kappa shape index (κ1) is 25.3. The van der Waals surface area contributed by atoms with E-state index in [-0.39, 0.29) is 6.04 Å². The Labute approximate surface area is 211 Å². The lowest BCUT2D eigenvalue weighted by Crippen LogP contribution is -2.20. The summed E-state index contributed by atoms with van der Waals surface area (Å²) in [5.41, 5.74) is 3.61. The van der Waals surface area contributed by atoms with Gasteiger partial charge in [-0.1, -0.05) is 67.9 Å². The highest BCUT2D eigenvalue weighted by atomic mass is 35.5. The van der Waals surface area contributed by atoms with Gasteiger partial charge in [0.05, 0.1) is 7.11 Å². The maximum absolute atomic E-state index is 6.57. The zero-order valence-corrected chi connectivity index (χ0v) is 21.2. The molecule has 176 valence electrons. The molecule has 0 saturated carbocycles. The number of hydrogen-bond donors (Lipinski definition) is 1. The Morgan fingerprint density at radius 2 is 1.88 bits per heavy atom. The summed E-state index contributed by atoms with van der Waals surface area (Å²) in [6.07, 6.45) is 9.53. The third kappa shape index (κ3) is 5.44. The third-order valence-electron chi connectivity index (χ3n) is 5.12. The molecular weight excluding hydrogens is 467 g/mol. The van der Waals surface area contributed by atoms with Crippen LogP contribution in [-0.2, 0) is 0 Å². The standard InChI is InChI=1S/C25H22Cl2N4O.C2H6/c1-4-6-7-16(5-2)24-29-25-28-22(17-8-11-19(32-3)12-9-17)15-23(31(25)30-24)20-14-18(26)10-13-21(20)27;1-2/h4-15,23H,1H2,2-3H3,(H,28,29,30);1-2H3/b7-6-,16-5+;. The summed E-state index contributed by atoms with van der Waals surface area (Å²) in [7, 11) is 1.65. The van der Waals surface area contributed by atoms with E-state index < -0.39 is 0 Å². The number of anilines is 1. The molecule has 5 nitrogen and oxygen atoms in total. The van der Waals surface area contributed by atoms with E-state index >= 15 is 0 Å². The van der Waals surface area contributed by atoms with Gasteiger partial charge in [0.2, 0.25) is 5.95 Å². The van der Waals surface area contributed by atoms with E-state index in [1.165, 1.54) is 0 Å². The van der Waals surface area contributed by atoms with Crippen LogP contribution in [0.4, 0.5) is 5.95 Å². The number of hydrogen-bond acceptors (Lipinski definition) is 4. The Kier molecular flexibility index (Phi) is 8.74. The van der Waals surface area contributed by atoms with E-state index in [4.69, 9.17) is 38.0 Å². The van der Waals surface area contributed by atoms with Crippen LogP contribution in [0, 0.1) is 0 Å². The number of nitrogens with one attached hydrogen (secondary N) is 1. The van der Waals surface area contributed by atoms with Gasteiger partial charge in [-0.25, -0.2) is 4.68 Å². The van der Waals surface area contributed by atoms with Crippen molar-refractivity contribution < 1.29 is 4.74 Å². The first-order valence-corrected chi connectivity index (χ1v) is 11.8. The number of methoxy groups -OCH3 is 1. The van der Waals surface area contributed by atoms with Crippen molar-refractivity contribution in [1.82, 2.24) is 14.8 Å². The minimum absolute atomic E-state index is 0.294. The van der Waals surface area contributed by atoms with E-state index in [1.807, 2.05) is 74.0 Å². The lowest BCUT2D eigenvalue weighted by Gasteiger charge is -2.25. The van der Waals surface area contributed by atoms with Crippen molar-refractivity contribution in [3.8, 4) is 5.75 Å². The zero-order valence-electron chi connectivity index (χ0n) is 19.7. The molecule has 1 unspecified atom stereocenters. The number of halogens is 2. The summed E-state index contributed by atoms with van der Waals surface area (Å²) in [6, 6.07) is 13.0. The molecule has 1 N–H and O–H groups in total. The molecule has 1 aliphatic heterocycles. The molecule has 2 heterocycles. The number of nitrogens with zero attached hydrogens (tertiary/aromatic N) is 3. The van der Waals surface area contributed by atoms with E-state index in [2.05, 4.69) is 18.0 Å². The lowest BCUT2D eigenvalue weighted by atomic mass is 10.0. The Morgan fingerprint density at radius 3 is 2.53 bits per heavy atom. The van der Waals surface area contributed by atoms with E-state index in [0.717, 1.165) is 28.1 Å². The molecule has 7 heteroatoms. The second-order valence-electron chi connectivity index (χ2n) is 7.09. The largest absolute Gasteiger partial charge is 0.497 e. The SMILES string of the molecule is C=C/C=C\C(=C/C)c1nc2n(n1)C(c1cc(Cl)ccc1Cl)C=C(c1ccc(OC)cc1)N2.CC. The van der Waals surface area contributed by atoms with Crippen molar-refractivity contribution in [2.75, 3.05) is 12.4 Å². The van der Waals surface area contributed by atoms with Crippen molar-refractivity contribution in [2.24, 2.45) is 0 Å². The van der Waals surface area contributed by atoms with Gasteiger partial charge in [0.25, 0.3) is 0 Å². The first-order chi connectivity index (χ1) is 16.5. The van der Waals surface area contributed by atoms with Gasteiger partial charge in [-0.15, -0.1) is 5.10 Å². The molecule has 4 rings (SSSR count). The number of ether oxygens (including phenoxy) is 1. The van der Waals surface area contributed by atoms with Crippen LogP contribution in [0.2, 0.25) is 10.0 Å². The van der Waals surface area contributed by atoms with Gasteiger partial charge >= 0.3 is 0 Å². The monoisotopic (exact) mass is 494 g/mol. The van der Waals surface area contributed by atoms with Gasteiger partial charge in [0, 0.05) is 26.9 Å². The molecule has 0 radical (unpaired) electrons. The molecule has 34 heavy (non-hydrogen) atoms. The number of aromatic nitrogens is 3. The summed E-state index contributed by atoms with van der Waals surface area (Å²) in [6.45, 7) is 9.68. The van der Waals surface area contributed by atoms with E-state index in [0.29, 0.717) is 21.8 Å². The molecule has 0 saturated heterocycles. The fourth-order valence-corrected chi connectivity index (χ4v) is 3.90. The van der Waals surface area contributed by atoms with E-state index in [9.17, 15) is 0 Å². The molecule has 0 amide bonds. The van der Waals surface area contributed by atoms with Crippen LogP contribution in [0.15, 0.2) is 79.4 Å². The van der Waals surface area contributed by atoms with Crippen LogP contribution in [-0.4, -0.2) is 21.9 Å². The van der Waals surface area contributed by atoms with Crippen molar-refractivity contribution in [3.05, 3.63) is 106 Å². The van der Waals surface area contributed by atoms with Crippen molar-refractivity contribution in [2.45, 2.75) is 26.8 Å². The molecule has 0 spiro atoms. The zero-order chi connectivity index (χ0) is 24.7. The van der Waals surface area contributed by atoms with Crippen molar-refractivity contribution >= 4 is 40.4 Å². The molecule has 3 aromatic rings. The average Bonchev–Trinajstić information content (AvgIpc) is 3.31. The van der Waals surface area contributed by atoms with Gasteiger partial charge in [-0.2, -0.15) is 4.98 Å². The predicted octanol–water partition coefficient (Wildman–Crippen LogP) is 7.82. The summed E-state index contributed by atoms with van der Waals surface area (Å²) >= 11 is 12.9. The van der Waals surface area contributed by atoms with Crippen LogP contribution >= 0.6 is 23.2 Å². The van der Waals surface area contributed by atoms with Crippen molar-refractivity contribution in [1.29, 1.82) is 0 Å². The average molecular weight is 495 g/mol. The Morgan fingerprint density at radius 1 is 1.15 bits per heavy atom. The van der Waals surface area contributed by atoms with E-state index in [1.54, 1.807) is 25.3 Å². The molecule has 0 bridgehead atoms. The minimum atomic E-state index is -0.294. The fraction of sp³-hybridized carbons (Fsp3) is 0.185. The second-order valence-corrected chi connectivity index (χ2v) is 7.93. The summed E-state index contributed by atoms with van der Waals surface area (Å²) in [4.78, 5) is 4.76. The molecule has 2 aromatic carbocycles. The number of benzene rings is 2. The smallest absolute Gasteiger partial charge is 0.227 e. The molecule has 1 aromatic heterocycles. The molecule has 0 fully saturated rings. The fourth-order valence-electron chi connectivity index (χ4n) is 3.49. The maximum Gasteiger partial charge on any atom is 0.227 e. The summed E-state index contributed by atoms with van der Waals surface area (Å²) in [5, 5.41) is 9.39. The predicted molar refractivity (Wildman–Crippen MR) is 144 cm³/mol. The quantitative estimate of drug-likeness (QED) is 0.354. The van der Waals surface area contributed by atoms with Crippen LogP contribution in [0.25, 0.3) is 11.3 Å². The Balaban J connectivity index is 0.00000158. The lowest BCUT2D eigenvalue weighted by molar-refractivity contribution is 0.415. The molecule has 0 aliphatic carbocycles. The molecule has 1 atom stereocenters. The minimum Gasteiger partial charge on any atom is -0.497 e. The van der Waals surface area contributed by atoms with Crippen LogP contribution in [0.1, 0.15) is 43.8 Å². The van der Waals surface area contributed by atoms with Gasteiger partial charge in [-0.3, -0.25) is 0 Å². The Hall–Kier alpha value is -3.28. The highest BCUT2D eigenvalue weighted by Gasteiger charge is 2.27. The summed E-state index contributed by atoms with van der Waals surface area (Å²) in [5.74, 6) is 2.00. The number of rotatable bonds is 6.